The Hall–Kier alpha value is -1.93. The highest BCUT2D eigenvalue weighted by molar-refractivity contribution is 5.95. The maximum atomic E-state index is 12.0. The maximum absolute atomic E-state index is 12.0. The summed E-state index contributed by atoms with van der Waals surface area (Å²) in [5, 5.41) is 17.8. The number of unbranched alkanes of at least 4 members (excludes halogenated alkanes) is 1. The molecule has 1 unspecified atom stereocenters. The van der Waals surface area contributed by atoms with Crippen molar-refractivity contribution in [3.05, 3.63) is 12.2 Å². The van der Waals surface area contributed by atoms with Crippen molar-refractivity contribution in [2.75, 3.05) is 0 Å². The van der Waals surface area contributed by atoms with Crippen molar-refractivity contribution in [3.63, 3.8) is 0 Å². The number of carbonyl (C=O) groups is 3. The summed E-state index contributed by atoms with van der Waals surface area (Å²) in [6.07, 6.45) is 7.76. The molecule has 0 aromatic carbocycles. The van der Waals surface area contributed by atoms with Crippen LogP contribution >= 0.6 is 0 Å². The zero-order valence-corrected chi connectivity index (χ0v) is 14.9. The Labute approximate surface area is 149 Å². The van der Waals surface area contributed by atoms with Gasteiger partial charge in [-0.25, -0.2) is 4.79 Å². The number of carbonyl (C=O) groups excluding carboxylic acids is 2. The zero-order valence-electron chi connectivity index (χ0n) is 14.9. The second-order valence-corrected chi connectivity index (χ2v) is 6.52. The van der Waals surface area contributed by atoms with Crippen LogP contribution in [0.5, 0.6) is 0 Å². The molecule has 138 valence electrons. The van der Waals surface area contributed by atoms with E-state index in [1.54, 1.807) is 0 Å². The SMILES string of the molecule is CCCC#CC(=O)CC[C@H]1CCC(=O)[C@@H]1CC=CCCC(O)C(=O)O. The van der Waals surface area contributed by atoms with Crippen LogP contribution in [0, 0.1) is 23.7 Å². The molecule has 1 rings (SSSR count). The van der Waals surface area contributed by atoms with Crippen LogP contribution < -0.4 is 0 Å². The fraction of sp³-hybridized carbons (Fsp3) is 0.650. The van der Waals surface area contributed by atoms with Gasteiger partial charge >= 0.3 is 5.97 Å². The number of allylic oxidation sites excluding steroid dienone is 2. The van der Waals surface area contributed by atoms with E-state index < -0.39 is 12.1 Å². The molecule has 1 fully saturated rings. The molecular weight excluding hydrogens is 320 g/mol. The molecule has 0 saturated heterocycles. The summed E-state index contributed by atoms with van der Waals surface area (Å²) in [6, 6.07) is 0. The van der Waals surface area contributed by atoms with Gasteiger partial charge < -0.3 is 10.2 Å². The van der Waals surface area contributed by atoms with E-state index in [4.69, 9.17) is 5.11 Å². The van der Waals surface area contributed by atoms with Crippen LogP contribution in [-0.2, 0) is 14.4 Å². The summed E-state index contributed by atoms with van der Waals surface area (Å²) in [6.45, 7) is 2.02. The smallest absolute Gasteiger partial charge is 0.332 e. The highest BCUT2D eigenvalue weighted by Crippen LogP contribution is 2.34. The Bertz CT molecular complexity index is 552. The average Bonchev–Trinajstić information content (AvgIpc) is 2.92. The van der Waals surface area contributed by atoms with Gasteiger partial charge in [0.2, 0.25) is 5.78 Å². The van der Waals surface area contributed by atoms with E-state index in [-0.39, 0.29) is 29.8 Å². The molecule has 0 aromatic heterocycles. The lowest BCUT2D eigenvalue weighted by Gasteiger charge is -2.15. The van der Waals surface area contributed by atoms with Crippen LogP contribution in [0.2, 0.25) is 0 Å². The molecule has 0 aromatic rings. The van der Waals surface area contributed by atoms with Crippen molar-refractivity contribution in [1.82, 2.24) is 0 Å². The third kappa shape index (κ3) is 8.13. The third-order valence-electron chi connectivity index (χ3n) is 4.54. The average molecular weight is 348 g/mol. The number of ketones is 2. The highest BCUT2D eigenvalue weighted by Gasteiger charge is 2.33. The van der Waals surface area contributed by atoms with E-state index in [0.29, 0.717) is 32.1 Å². The van der Waals surface area contributed by atoms with Gasteiger partial charge in [-0.2, -0.15) is 0 Å². The van der Waals surface area contributed by atoms with E-state index in [2.05, 4.69) is 11.8 Å². The van der Waals surface area contributed by atoms with Crippen molar-refractivity contribution >= 4 is 17.5 Å². The molecule has 1 saturated carbocycles. The van der Waals surface area contributed by atoms with E-state index >= 15 is 0 Å². The first-order chi connectivity index (χ1) is 12.0. The van der Waals surface area contributed by atoms with Gasteiger partial charge in [-0.05, 0) is 50.4 Å². The van der Waals surface area contributed by atoms with Gasteiger partial charge in [0.25, 0.3) is 0 Å². The fourth-order valence-corrected chi connectivity index (χ4v) is 3.05. The highest BCUT2D eigenvalue weighted by atomic mass is 16.4. The van der Waals surface area contributed by atoms with Crippen molar-refractivity contribution in [2.24, 2.45) is 11.8 Å². The van der Waals surface area contributed by atoms with Gasteiger partial charge in [-0.15, -0.1) is 0 Å². The van der Waals surface area contributed by atoms with Crippen LogP contribution in [0.15, 0.2) is 12.2 Å². The second kappa shape index (κ2) is 11.6. The van der Waals surface area contributed by atoms with Gasteiger partial charge in [-0.1, -0.05) is 25.0 Å². The number of aliphatic carboxylic acids is 1. The number of carboxylic acids is 1. The van der Waals surface area contributed by atoms with E-state index in [1.165, 1.54) is 0 Å². The molecule has 3 atom stereocenters. The second-order valence-electron chi connectivity index (χ2n) is 6.52. The summed E-state index contributed by atoms with van der Waals surface area (Å²) in [5.41, 5.74) is 0. The van der Waals surface area contributed by atoms with E-state index in [1.807, 2.05) is 19.1 Å². The lowest BCUT2D eigenvalue weighted by atomic mass is 9.88. The number of hydrogen-bond acceptors (Lipinski definition) is 4. The van der Waals surface area contributed by atoms with Crippen molar-refractivity contribution < 1.29 is 24.6 Å². The quantitative estimate of drug-likeness (QED) is 0.360. The largest absolute Gasteiger partial charge is 0.479 e. The normalized spacial score (nSPS) is 21.1. The van der Waals surface area contributed by atoms with Gasteiger partial charge in [0.15, 0.2) is 6.10 Å². The van der Waals surface area contributed by atoms with Crippen molar-refractivity contribution in [2.45, 2.75) is 70.8 Å². The summed E-state index contributed by atoms with van der Waals surface area (Å²) in [4.78, 5) is 34.3. The lowest BCUT2D eigenvalue weighted by molar-refractivity contribution is -0.146. The summed E-state index contributed by atoms with van der Waals surface area (Å²) < 4.78 is 0. The molecular formula is C20H28O5. The number of Topliss-reactive ketones (excluding diaryl/α,β-unsaturated/α-hetero) is 2. The molecule has 5 nitrogen and oxygen atoms in total. The lowest BCUT2D eigenvalue weighted by Crippen LogP contribution is -2.18. The fourth-order valence-electron chi connectivity index (χ4n) is 3.05. The molecule has 0 bridgehead atoms. The Morgan fingerprint density at radius 2 is 2.12 bits per heavy atom. The predicted molar refractivity (Wildman–Crippen MR) is 94.8 cm³/mol. The first-order valence-corrected chi connectivity index (χ1v) is 9.06. The van der Waals surface area contributed by atoms with Gasteiger partial charge in [0, 0.05) is 25.2 Å². The van der Waals surface area contributed by atoms with Crippen LogP contribution in [0.4, 0.5) is 0 Å². The van der Waals surface area contributed by atoms with Crippen LogP contribution in [0.25, 0.3) is 0 Å². The van der Waals surface area contributed by atoms with E-state index in [9.17, 15) is 19.5 Å². The van der Waals surface area contributed by atoms with Gasteiger partial charge in [-0.3, -0.25) is 9.59 Å². The van der Waals surface area contributed by atoms with Gasteiger partial charge in [0.05, 0.1) is 0 Å². The van der Waals surface area contributed by atoms with Crippen LogP contribution in [0.3, 0.4) is 0 Å². The molecule has 1 aliphatic rings. The summed E-state index contributed by atoms with van der Waals surface area (Å²) in [5.74, 6) is 4.64. The number of aliphatic hydroxyl groups excluding tert-OH is 1. The van der Waals surface area contributed by atoms with Crippen molar-refractivity contribution in [1.29, 1.82) is 0 Å². The molecule has 25 heavy (non-hydrogen) atoms. The minimum absolute atomic E-state index is 0.0512. The van der Waals surface area contributed by atoms with Crippen molar-refractivity contribution in [3.8, 4) is 11.8 Å². The molecule has 2 N–H and O–H groups in total. The van der Waals surface area contributed by atoms with Gasteiger partial charge in [0.1, 0.15) is 5.78 Å². The Morgan fingerprint density at radius 3 is 2.80 bits per heavy atom. The number of rotatable bonds is 10. The summed E-state index contributed by atoms with van der Waals surface area (Å²) >= 11 is 0. The molecule has 5 heteroatoms. The zero-order chi connectivity index (χ0) is 18.7. The number of carboxylic acid groups (broad SMARTS) is 1. The monoisotopic (exact) mass is 348 g/mol. The first-order valence-electron chi connectivity index (χ1n) is 9.06. The minimum atomic E-state index is -1.34. The molecule has 1 aliphatic carbocycles. The predicted octanol–water partition coefficient (Wildman–Crippen LogP) is 2.91. The first kappa shape index (κ1) is 21.1. The van der Waals surface area contributed by atoms with Crippen LogP contribution in [0.1, 0.15) is 64.7 Å². The maximum Gasteiger partial charge on any atom is 0.332 e. The molecule has 0 heterocycles. The standard InChI is InChI=1S/C20H28O5/c1-2-3-5-8-16(21)13-11-15-12-14-18(22)17(15)9-6-4-7-10-19(23)20(24)25/h4,6,15,17,19,23H,2-3,7,9-14H2,1H3,(H,24,25)/t15-,17+,19?/m0/s1. The molecule has 0 radical (unpaired) electrons. The topological polar surface area (TPSA) is 91.7 Å². The number of aliphatic hydroxyl groups is 1. The van der Waals surface area contributed by atoms with Crippen LogP contribution in [-0.4, -0.2) is 33.9 Å². The minimum Gasteiger partial charge on any atom is -0.479 e. The van der Waals surface area contributed by atoms with E-state index in [0.717, 1.165) is 19.3 Å². The molecule has 0 amide bonds. The Kier molecular flexibility index (Phi) is 9.79. The number of hydrogen-bond donors (Lipinski definition) is 2. The Morgan fingerprint density at radius 1 is 1.36 bits per heavy atom. The summed E-state index contributed by atoms with van der Waals surface area (Å²) in [7, 11) is 0. The third-order valence-corrected chi connectivity index (χ3v) is 4.54. The molecule has 0 spiro atoms. The molecule has 0 aliphatic heterocycles. The Balaban J connectivity index is 2.38.